The Hall–Kier alpha value is -1.54. The number of halogens is 2. The average Bonchev–Trinajstić information content (AvgIpc) is 3.29. The number of carbonyl (C=O) groups excluding carboxylic acids is 1. The van der Waals surface area contributed by atoms with Gasteiger partial charge in [-0.05, 0) is 37.9 Å². The quantitative estimate of drug-likeness (QED) is 0.740. The number of carbonyl (C=O) groups is 1. The molecule has 4 rings (SSSR count). The number of fused-ring (bicyclic) bond motifs is 1. The molecule has 0 saturated carbocycles. The molecule has 3 heterocycles. The molecular formula is C20H24ClFN4OS. The van der Waals surface area contributed by atoms with Gasteiger partial charge in [0.2, 0.25) is 5.91 Å². The number of likely N-dealkylation sites (tertiary alicyclic amines) is 2. The number of amides is 1. The van der Waals surface area contributed by atoms with Gasteiger partial charge in [0.05, 0.1) is 15.6 Å². The fraction of sp³-hybridized carbons (Fsp3) is 0.500. The lowest BCUT2D eigenvalue weighted by Crippen LogP contribution is -2.46. The maximum Gasteiger partial charge on any atom is 0.230 e. The molecule has 0 spiro atoms. The van der Waals surface area contributed by atoms with Gasteiger partial charge in [0, 0.05) is 32.2 Å². The highest BCUT2D eigenvalue weighted by atomic mass is 35.5. The number of hydrogen-bond donors (Lipinski definition) is 1. The first-order chi connectivity index (χ1) is 13.5. The number of piperidine rings is 1. The zero-order valence-corrected chi connectivity index (χ0v) is 17.2. The Kier molecular flexibility index (Phi) is 5.96. The highest BCUT2D eigenvalue weighted by molar-refractivity contribution is 7.22. The molecule has 1 aromatic carbocycles. The van der Waals surface area contributed by atoms with Crippen LogP contribution in [-0.4, -0.2) is 59.5 Å². The Labute approximate surface area is 173 Å². The zero-order chi connectivity index (χ0) is 19.7. The molecule has 5 nitrogen and oxygen atoms in total. The van der Waals surface area contributed by atoms with E-state index in [9.17, 15) is 9.18 Å². The Bertz CT molecular complexity index is 888. The molecule has 2 aromatic rings. The first kappa shape index (κ1) is 19.8. The summed E-state index contributed by atoms with van der Waals surface area (Å²) in [6.45, 7) is 8.70. The van der Waals surface area contributed by atoms with Crippen molar-refractivity contribution in [3.8, 4) is 0 Å². The van der Waals surface area contributed by atoms with Crippen molar-refractivity contribution in [2.24, 2.45) is 5.92 Å². The van der Waals surface area contributed by atoms with Crippen molar-refractivity contribution < 1.29 is 9.18 Å². The second-order valence-corrected chi connectivity index (χ2v) is 9.01. The van der Waals surface area contributed by atoms with Crippen LogP contribution in [-0.2, 0) is 4.79 Å². The third-order valence-corrected chi connectivity index (χ3v) is 6.82. The maximum absolute atomic E-state index is 13.5. The average molecular weight is 423 g/mol. The van der Waals surface area contributed by atoms with E-state index in [4.69, 9.17) is 11.6 Å². The van der Waals surface area contributed by atoms with Crippen molar-refractivity contribution in [2.75, 3.05) is 38.0 Å². The topological polar surface area (TPSA) is 48.5 Å². The fourth-order valence-corrected chi connectivity index (χ4v) is 5.45. The molecule has 1 aromatic heterocycles. The van der Waals surface area contributed by atoms with Gasteiger partial charge in [-0.1, -0.05) is 29.0 Å². The van der Waals surface area contributed by atoms with Gasteiger partial charge >= 0.3 is 0 Å². The molecular weight excluding hydrogens is 399 g/mol. The van der Waals surface area contributed by atoms with Crippen molar-refractivity contribution in [1.82, 2.24) is 14.8 Å². The van der Waals surface area contributed by atoms with Crippen LogP contribution in [0.1, 0.15) is 19.3 Å². The molecule has 2 aliphatic heterocycles. The van der Waals surface area contributed by atoms with Crippen molar-refractivity contribution in [3.05, 3.63) is 35.6 Å². The van der Waals surface area contributed by atoms with Crippen LogP contribution in [0.4, 0.5) is 9.52 Å². The van der Waals surface area contributed by atoms with Crippen molar-refractivity contribution >= 4 is 44.2 Å². The van der Waals surface area contributed by atoms with Gasteiger partial charge in [-0.15, -0.1) is 6.58 Å². The number of nitrogens with one attached hydrogen (secondary N) is 1. The van der Waals surface area contributed by atoms with E-state index in [-0.39, 0.29) is 16.8 Å². The van der Waals surface area contributed by atoms with Crippen LogP contribution < -0.4 is 5.32 Å². The molecule has 2 unspecified atom stereocenters. The van der Waals surface area contributed by atoms with Crippen LogP contribution in [0.25, 0.3) is 10.2 Å². The van der Waals surface area contributed by atoms with E-state index in [1.165, 1.54) is 23.5 Å². The predicted molar refractivity (Wildman–Crippen MR) is 113 cm³/mol. The normalized spacial score (nSPS) is 23.9. The van der Waals surface area contributed by atoms with E-state index >= 15 is 0 Å². The Morgan fingerprint density at radius 3 is 3.07 bits per heavy atom. The largest absolute Gasteiger partial charge is 0.302 e. The maximum atomic E-state index is 13.5. The molecule has 8 heteroatoms. The zero-order valence-electron chi connectivity index (χ0n) is 15.7. The molecule has 2 fully saturated rings. The van der Waals surface area contributed by atoms with E-state index in [2.05, 4.69) is 26.7 Å². The van der Waals surface area contributed by atoms with Crippen LogP contribution in [0.3, 0.4) is 0 Å². The third kappa shape index (κ3) is 4.22. The summed E-state index contributed by atoms with van der Waals surface area (Å²) in [5.41, 5.74) is 0.530. The van der Waals surface area contributed by atoms with Crippen molar-refractivity contribution in [1.29, 1.82) is 0 Å². The summed E-state index contributed by atoms with van der Waals surface area (Å²) < 4.78 is 14.2. The molecule has 2 saturated heterocycles. The van der Waals surface area contributed by atoms with Crippen LogP contribution in [0.2, 0.25) is 5.02 Å². The molecule has 0 aliphatic carbocycles. The van der Waals surface area contributed by atoms with E-state index in [1.807, 2.05) is 6.08 Å². The van der Waals surface area contributed by atoms with Gasteiger partial charge < -0.3 is 5.32 Å². The molecule has 1 N–H and O–H groups in total. The van der Waals surface area contributed by atoms with Crippen molar-refractivity contribution in [3.63, 3.8) is 0 Å². The van der Waals surface area contributed by atoms with Crippen molar-refractivity contribution in [2.45, 2.75) is 25.3 Å². The minimum Gasteiger partial charge on any atom is -0.302 e. The number of benzene rings is 1. The fourth-order valence-electron chi connectivity index (χ4n) is 4.23. The second kappa shape index (κ2) is 8.45. The highest BCUT2D eigenvalue weighted by Crippen LogP contribution is 2.32. The summed E-state index contributed by atoms with van der Waals surface area (Å²) in [7, 11) is 0. The lowest BCUT2D eigenvalue weighted by atomic mass is 9.95. The summed E-state index contributed by atoms with van der Waals surface area (Å²) in [4.78, 5) is 22.1. The molecule has 2 aliphatic rings. The van der Waals surface area contributed by atoms with Crippen LogP contribution >= 0.6 is 22.9 Å². The van der Waals surface area contributed by atoms with Crippen LogP contribution in [0.15, 0.2) is 24.8 Å². The summed E-state index contributed by atoms with van der Waals surface area (Å²) in [6, 6.07) is 3.15. The van der Waals surface area contributed by atoms with Gasteiger partial charge in [-0.3, -0.25) is 14.6 Å². The Morgan fingerprint density at radius 1 is 1.39 bits per heavy atom. The minimum absolute atomic E-state index is 0.0127. The lowest BCUT2D eigenvalue weighted by Gasteiger charge is -2.36. The van der Waals surface area contributed by atoms with E-state index in [0.29, 0.717) is 21.4 Å². The highest BCUT2D eigenvalue weighted by Gasteiger charge is 2.33. The van der Waals surface area contributed by atoms with Gasteiger partial charge in [0.25, 0.3) is 0 Å². The molecule has 0 radical (unpaired) electrons. The minimum atomic E-state index is -0.399. The third-order valence-electron chi connectivity index (χ3n) is 5.62. The number of aromatic nitrogens is 1. The van der Waals surface area contributed by atoms with Gasteiger partial charge in [0.15, 0.2) is 5.13 Å². The molecule has 28 heavy (non-hydrogen) atoms. The van der Waals surface area contributed by atoms with Gasteiger partial charge in [-0.25, -0.2) is 9.37 Å². The Balaban J connectivity index is 1.39. The number of anilines is 1. The van der Waals surface area contributed by atoms with E-state index in [1.54, 1.807) is 0 Å². The van der Waals surface area contributed by atoms with E-state index < -0.39 is 5.82 Å². The number of thiazole rings is 1. The summed E-state index contributed by atoms with van der Waals surface area (Å²) >= 11 is 7.31. The first-order valence-corrected chi connectivity index (χ1v) is 10.9. The standard InChI is InChI=1S/C20H24ClFN4OS/c1-2-6-25-8-5-15(12-25)26-7-3-4-13(11-26)19(27)24-20-23-18-16(21)9-14(22)10-17(18)28-20/h2,9-10,13,15H,1,3-8,11-12H2,(H,23,24,27). The number of nitrogens with zero attached hydrogens (tertiary/aromatic N) is 3. The monoisotopic (exact) mass is 422 g/mol. The molecule has 150 valence electrons. The number of rotatable bonds is 5. The molecule has 1 amide bonds. The summed E-state index contributed by atoms with van der Waals surface area (Å²) in [5, 5.41) is 3.66. The summed E-state index contributed by atoms with van der Waals surface area (Å²) in [6.07, 6.45) is 4.99. The smallest absolute Gasteiger partial charge is 0.230 e. The second-order valence-electron chi connectivity index (χ2n) is 7.57. The SMILES string of the molecule is C=CCN1CCC(N2CCCC(C(=O)Nc3nc4c(Cl)cc(F)cc4s3)C2)C1. The van der Waals surface area contributed by atoms with Gasteiger partial charge in [-0.2, -0.15) is 0 Å². The van der Waals surface area contributed by atoms with E-state index in [0.717, 1.165) is 52.0 Å². The first-order valence-electron chi connectivity index (χ1n) is 9.67. The molecule has 2 atom stereocenters. The Morgan fingerprint density at radius 2 is 2.25 bits per heavy atom. The molecule has 0 bridgehead atoms. The van der Waals surface area contributed by atoms with Crippen LogP contribution in [0, 0.1) is 11.7 Å². The summed E-state index contributed by atoms with van der Waals surface area (Å²) in [5.74, 6) is -0.466. The lowest BCUT2D eigenvalue weighted by molar-refractivity contribution is -0.121. The number of hydrogen-bond acceptors (Lipinski definition) is 5. The predicted octanol–water partition coefficient (Wildman–Crippen LogP) is 4.00. The van der Waals surface area contributed by atoms with Gasteiger partial charge in [0.1, 0.15) is 11.3 Å². The van der Waals surface area contributed by atoms with Crippen LogP contribution in [0.5, 0.6) is 0 Å².